The number of benzene rings is 1. The van der Waals surface area contributed by atoms with Crippen LogP contribution < -0.4 is 4.74 Å². The third-order valence-corrected chi connectivity index (χ3v) is 2.43. The van der Waals surface area contributed by atoms with Crippen molar-refractivity contribution < 1.29 is 9.53 Å². The zero-order valence-electron chi connectivity index (χ0n) is 11.6. The van der Waals surface area contributed by atoms with Crippen LogP contribution in [0.4, 0.5) is 0 Å². The number of rotatable bonds is 3. The first-order valence-corrected chi connectivity index (χ1v) is 6.10. The number of hydrogen-bond donors (Lipinski definition) is 0. The van der Waals surface area contributed by atoms with Gasteiger partial charge in [-0.3, -0.25) is 9.36 Å². The largest absolute Gasteiger partial charge is 0.426 e. The molecule has 1 heterocycles. The standard InChI is InChI=1S/C14H16N4O2/c1-11(19)20-13-7-5-4-6-12(13)14(16-17(2)3)18-9-8-15-10-18/h4-10H,1-3H3/b16-14+. The Balaban J connectivity index is 2.52. The summed E-state index contributed by atoms with van der Waals surface area (Å²) >= 11 is 0. The van der Waals surface area contributed by atoms with Crippen LogP contribution in [0, 0.1) is 0 Å². The number of nitrogens with zero attached hydrogens (tertiary/aromatic N) is 4. The summed E-state index contributed by atoms with van der Waals surface area (Å²) in [7, 11) is 3.65. The van der Waals surface area contributed by atoms with E-state index in [-0.39, 0.29) is 5.97 Å². The van der Waals surface area contributed by atoms with Crippen LogP contribution in [-0.4, -0.2) is 40.5 Å². The van der Waals surface area contributed by atoms with E-state index in [1.54, 1.807) is 34.4 Å². The Hall–Kier alpha value is -2.63. The molecule has 2 rings (SSSR count). The number of aromatic nitrogens is 2. The third kappa shape index (κ3) is 3.23. The Morgan fingerprint density at radius 3 is 2.70 bits per heavy atom. The minimum atomic E-state index is -0.368. The van der Waals surface area contributed by atoms with E-state index in [4.69, 9.17) is 4.74 Å². The quantitative estimate of drug-likeness (QED) is 0.280. The summed E-state index contributed by atoms with van der Waals surface area (Å²) in [6, 6.07) is 7.26. The molecule has 1 aromatic carbocycles. The summed E-state index contributed by atoms with van der Waals surface area (Å²) < 4.78 is 7.00. The van der Waals surface area contributed by atoms with E-state index in [2.05, 4.69) is 10.1 Å². The van der Waals surface area contributed by atoms with Crippen LogP contribution in [-0.2, 0) is 4.79 Å². The van der Waals surface area contributed by atoms with E-state index in [9.17, 15) is 4.79 Å². The van der Waals surface area contributed by atoms with Gasteiger partial charge in [0.05, 0.1) is 5.56 Å². The Labute approximate surface area is 117 Å². The van der Waals surface area contributed by atoms with E-state index >= 15 is 0 Å². The van der Waals surface area contributed by atoms with Crippen molar-refractivity contribution in [3.8, 4) is 5.75 Å². The highest BCUT2D eigenvalue weighted by atomic mass is 16.5. The molecule has 0 bridgehead atoms. The van der Waals surface area contributed by atoms with Crippen LogP contribution in [0.2, 0.25) is 0 Å². The summed E-state index contributed by atoms with van der Waals surface area (Å²) in [4.78, 5) is 15.2. The monoisotopic (exact) mass is 272 g/mol. The van der Waals surface area contributed by atoms with Gasteiger partial charge in [-0.2, -0.15) is 5.10 Å². The summed E-state index contributed by atoms with van der Waals surface area (Å²) in [5.74, 6) is 0.728. The predicted octanol–water partition coefficient (Wildman–Crippen LogP) is 1.58. The second kappa shape index (κ2) is 6.01. The second-order valence-electron chi connectivity index (χ2n) is 4.33. The molecule has 0 aliphatic rings. The molecule has 0 fully saturated rings. The fourth-order valence-corrected chi connectivity index (χ4v) is 1.71. The van der Waals surface area contributed by atoms with Crippen molar-refractivity contribution in [2.75, 3.05) is 14.1 Å². The topological polar surface area (TPSA) is 59.7 Å². The molecular formula is C14H16N4O2. The molecule has 0 aliphatic carbocycles. The maximum atomic E-state index is 11.2. The van der Waals surface area contributed by atoms with Gasteiger partial charge in [0.25, 0.3) is 0 Å². The maximum absolute atomic E-state index is 11.2. The molecule has 6 heteroatoms. The molecule has 1 aromatic heterocycles. The number of carbonyl (C=O) groups is 1. The molecule has 0 N–H and O–H groups in total. The van der Waals surface area contributed by atoms with E-state index < -0.39 is 0 Å². The molecule has 104 valence electrons. The molecule has 0 radical (unpaired) electrons. The molecule has 0 aliphatic heterocycles. The van der Waals surface area contributed by atoms with E-state index in [0.717, 1.165) is 5.56 Å². The lowest BCUT2D eigenvalue weighted by molar-refractivity contribution is -0.131. The van der Waals surface area contributed by atoms with Gasteiger partial charge in [0.15, 0.2) is 5.84 Å². The number of hydrogen-bond acceptors (Lipinski definition) is 5. The fourth-order valence-electron chi connectivity index (χ4n) is 1.71. The van der Waals surface area contributed by atoms with Crippen molar-refractivity contribution in [2.45, 2.75) is 6.92 Å². The van der Waals surface area contributed by atoms with Crippen molar-refractivity contribution in [3.63, 3.8) is 0 Å². The molecule has 0 saturated carbocycles. The minimum Gasteiger partial charge on any atom is -0.426 e. The summed E-state index contributed by atoms with van der Waals surface area (Å²) in [5, 5.41) is 6.12. The summed E-state index contributed by atoms with van der Waals surface area (Å²) in [5.41, 5.74) is 0.717. The van der Waals surface area contributed by atoms with Crippen LogP contribution in [0.5, 0.6) is 5.75 Å². The minimum absolute atomic E-state index is 0.368. The Morgan fingerprint density at radius 2 is 2.10 bits per heavy atom. The Kier molecular flexibility index (Phi) is 4.14. The zero-order chi connectivity index (χ0) is 14.5. The SMILES string of the molecule is CC(=O)Oc1ccccc1/C(=N\N(C)C)n1ccnc1. The fraction of sp³-hybridized carbons (Fsp3) is 0.214. The third-order valence-electron chi connectivity index (χ3n) is 2.43. The first-order valence-electron chi connectivity index (χ1n) is 6.10. The highest BCUT2D eigenvalue weighted by Gasteiger charge is 2.14. The smallest absolute Gasteiger partial charge is 0.308 e. The number of hydrazone groups is 1. The first-order chi connectivity index (χ1) is 9.58. The lowest BCUT2D eigenvalue weighted by Crippen LogP contribution is -2.18. The van der Waals surface area contributed by atoms with Gasteiger partial charge < -0.3 is 9.75 Å². The van der Waals surface area contributed by atoms with Gasteiger partial charge >= 0.3 is 5.97 Å². The molecule has 0 atom stereocenters. The highest BCUT2D eigenvalue weighted by Crippen LogP contribution is 2.20. The number of imidazole rings is 1. The van der Waals surface area contributed by atoms with Gasteiger partial charge in [-0.25, -0.2) is 4.98 Å². The van der Waals surface area contributed by atoms with Gasteiger partial charge in [0.2, 0.25) is 0 Å². The van der Waals surface area contributed by atoms with E-state index in [0.29, 0.717) is 11.6 Å². The first kappa shape index (κ1) is 13.8. The summed E-state index contributed by atoms with van der Waals surface area (Å²) in [6.07, 6.45) is 5.10. The average Bonchev–Trinajstić information content (AvgIpc) is 2.89. The molecule has 2 aromatic rings. The average molecular weight is 272 g/mol. The Bertz CT molecular complexity index is 618. The predicted molar refractivity (Wildman–Crippen MR) is 75.6 cm³/mol. The molecule has 0 amide bonds. The van der Waals surface area contributed by atoms with Crippen LogP contribution in [0.15, 0.2) is 48.1 Å². The number of esters is 1. The zero-order valence-corrected chi connectivity index (χ0v) is 11.6. The normalized spacial score (nSPS) is 11.2. The van der Waals surface area contributed by atoms with Crippen molar-refractivity contribution in [2.24, 2.45) is 5.10 Å². The van der Waals surface area contributed by atoms with Crippen molar-refractivity contribution in [3.05, 3.63) is 48.5 Å². The van der Waals surface area contributed by atoms with Crippen molar-refractivity contribution >= 4 is 11.8 Å². The van der Waals surface area contributed by atoms with Gasteiger partial charge in [-0.1, -0.05) is 12.1 Å². The van der Waals surface area contributed by atoms with Gasteiger partial charge in [0, 0.05) is 33.4 Å². The van der Waals surface area contributed by atoms with Crippen LogP contribution in [0.1, 0.15) is 12.5 Å². The lowest BCUT2D eigenvalue weighted by Gasteiger charge is -2.14. The molecule has 0 spiro atoms. The van der Waals surface area contributed by atoms with E-state index in [1.165, 1.54) is 6.92 Å². The van der Waals surface area contributed by atoms with Crippen molar-refractivity contribution in [1.82, 2.24) is 14.6 Å². The van der Waals surface area contributed by atoms with Gasteiger partial charge in [-0.05, 0) is 12.1 Å². The summed E-state index contributed by atoms with van der Waals surface area (Å²) in [6.45, 7) is 1.37. The van der Waals surface area contributed by atoms with Crippen LogP contribution >= 0.6 is 0 Å². The van der Waals surface area contributed by atoms with E-state index in [1.807, 2.05) is 32.3 Å². The second-order valence-corrected chi connectivity index (χ2v) is 4.33. The maximum Gasteiger partial charge on any atom is 0.308 e. The molecule has 0 unspecified atom stereocenters. The number of carbonyl (C=O) groups excluding carboxylic acids is 1. The van der Waals surface area contributed by atoms with Crippen LogP contribution in [0.3, 0.4) is 0 Å². The lowest BCUT2D eigenvalue weighted by atomic mass is 10.2. The molecule has 0 saturated heterocycles. The van der Waals surface area contributed by atoms with Crippen molar-refractivity contribution in [1.29, 1.82) is 0 Å². The molecule has 6 nitrogen and oxygen atoms in total. The molecular weight excluding hydrogens is 256 g/mol. The highest BCUT2D eigenvalue weighted by molar-refractivity contribution is 6.02. The molecule has 20 heavy (non-hydrogen) atoms. The van der Waals surface area contributed by atoms with Gasteiger partial charge in [0.1, 0.15) is 12.1 Å². The van der Waals surface area contributed by atoms with Gasteiger partial charge in [-0.15, -0.1) is 0 Å². The number of para-hydroxylation sites is 1. The number of ether oxygens (including phenoxy) is 1. The Morgan fingerprint density at radius 1 is 1.35 bits per heavy atom. The van der Waals surface area contributed by atoms with Crippen LogP contribution in [0.25, 0.3) is 0 Å².